The Morgan fingerprint density at radius 1 is 1.25 bits per heavy atom. The molecule has 0 radical (unpaired) electrons. The van der Waals surface area contributed by atoms with Crippen molar-refractivity contribution in [1.29, 1.82) is 0 Å². The van der Waals surface area contributed by atoms with Gasteiger partial charge in [-0.25, -0.2) is 0 Å². The van der Waals surface area contributed by atoms with E-state index in [4.69, 9.17) is 0 Å². The SMILES string of the molecule is CC(C)NC(=O)CNC(=O)c1ccccc1OC(F)F. The number of nitrogens with one attached hydrogen (secondary N) is 2. The van der Waals surface area contributed by atoms with Crippen molar-refractivity contribution in [2.45, 2.75) is 26.5 Å². The number of para-hydroxylation sites is 1. The summed E-state index contributed by atoms with van der Waals surface area (Å²) in [5.41, 5.74) is -0.0508. The highest BCUT2D eigenvalue weighted by atomic mass is 19.3. The van der Waals surface area contributed by atoms with Crippen molar-refractivity contribution in [3.8, 4) is 5.75 Å². The van der Waals surface area contributed by atoms with E-state index in [0.29, 0.717) is 0 Å². The van der Waals surface area contributed by atoms with Gasteiger partial charge in [0.1, 0.15) is 5.75 Å². The van der Waals surface area contributed by atoms with Crippen molar-refractivity contribution >= 4 is 11.8 Å². The fourth-order valence-electron chi connectivity index (χ4n) is 1.48. The summed E-state index contributed by atoms with van der Waals surface area (Å²) in [6, 6.07) is 5.54. The minimum absolute atomic E-state index is 0.0474. The standard InChI is InChI=1S/C13H16F2N2O3/c1-8(2)17-11(18)7-16-12(19)9-5-3-4-6-10(9)20-13(14)15/h3-6,8,13H,7H2,1-2H3,(H,16,19)(H,17,18). The van der Waals surface area contributed by atoms with Gasteiger partial charge in [-0.05, 0) is 26.0 Å². The van der Waals surface area contributed by atoms with Gasteiger partial charge >= 0.3 is 6.61 Å². The minimum atomic E-state index is -3.02. The first kappa shape index (κ1) is 15.9. The largest absolute Gasteiger partial charge is 0.434 e. The predicted molar refractivity (Wildman–Crippen MR) is 68.7 cm³/mol. The van der Waals surface area contributed by atoms with Crippen LogP contribution in [0, 0.1) is 0 Å². The van der Waals surface area contributed by atoms with Crippen molar-refractivity contribution in [2.75, 3.05) is 6.54 Å². The fourth-order valence-corrected chi connectivity index (χ4v) is 1.48. The number of rotatable bonds is 6. The van der Waals surface area contributed by atoms with Gasteiger partial charge in [0.15, 0.2) is 0 Å². The lowest BCUT2D eigenvalue weighted by Crippen LogP contribution is -2.39. The Kier molecular flexibility index (Phi) is 5.89. The van der Waals surface area contributed by atoms with Gasteiger partial charge in [-0.15, -0.1) is 0 Å². The van der Waals surface area contributed by atoms with E-state index < -0.39 is 12.5 Å². The molecule has 2 amide bonds. The summed E-state index contributed by atoms with van der Waals surface area (Å²) in [5.74, 6) is -1.25. The van der Waals surface area contributed by atoms with Gasteiger partial charge in [-0.2, -0.15) is 8.78 Å². The van der Waals surface area contributed by atoms with E-state index in [1.54, 1.807) is 13.8 Å². The summed E-state index contributed by atoms with van der Waals surface area (Å²) in [7, 11) is 0. The van der Waals surface area contributed by atoms with Crippen LogP contribution in [0.2, 0.25) is 0 Å². The van der Waals surface area contributed by atoms with Crippen LogP contribution in [0.25, 0.3) is 0 Å². The maximum atomic E-state index is 12.2. The van der Waals surface area contributed by atoms with Crippen molar-refractivity contribution in [3.63, 3.8) is 0 Å². The summed E-state index contributed by atoms with van der Waals surface area (Å²) in [6.07, 6.45) is 0. The second-order valence-corrected chi connectivity index (χ2v) is 4.28. The highest BCUT2D eigenvalue weighted by molar-refractivity contribution is 5.98. The van der Waals surface area contributed by atoms with Crippen molar-refractivity contribution < 1.29 is 23.1 Å². The quantitative estimate of drug-likeness (QED) is 0.833. The van der Waals surface area contributed by atoms with Crippen molar-refractivity contribution in [1.82, 2.24) is 10.6 Å². The molecule has 0 spiro atoms. The lowest BCUT2D eigenvalue weighted by atomic mass is 10.2. The number of halogens is 2. The third-order valence-electron chi connectivity index (χ3n) is 2.21. The number of hydrogen-bond donors (Lipinski definition) is 2. The van der Waals surface area contributed by atoms with Crippen LogP contribution in [0.3, 0.4) is 0 Å². The zero-order valence-electron chi connectivity index (χ0n) is 11.2. The number of ether oxygens (including phenoxy) is 1. The molecule has 2 N–H and O–H groups in total. The zero-order chi connectivity index (χ0) is 15.1. The Morgan fingerprint density at radius 2 is 1.90 bits per heavy atom. The second-order valence-electron chi connectivity index (χ2n) is 4.28. The van der Waals surface area contributed by atoms with Crippen LogP contribution in [0.1, 0.15) is 24.2 Å². The minimum Gasteiger partial charge on any atom is -0.434 e. The number of hydrogen-bond acceptors (Lipinski definition) is 3. The number of benzene rings is 1. The van der Waals surface area contributed by atoms with Crippen molar-refractivity contribution in [3.05, 3.63) is 29.8 Å². The normalized spacial score (nSPS) is 10.5. The maximum Gasteiger partial charge on any atom is 0.387 e. The molecule has 7 heteroatoms. The molecule has 0 aliphatic rings. The van der Waals surface area contributed by atoms with Crippen LogP contribution < -0.4 is 15.4 Å². The molecule has 0 heterocycles. The molecule has 0 aliphatic carbocycles. The fraction of sp³-hybridized carbons (Fsp3) is 0.385. The molecule has 0 saturated carbocycles. The predicted octanol–water partition coefficient (Wildman–Crippen LogP) is 1.54. The van der Waals surface area contributed by atoms with Crippen LogP contribution >= 0.6 is 0 Å². The molecular formula is C13H16F2N2O3. The summed E-state index contributed by atoms with van der Waals surface area (Å²) >= 11 is 0. The Morgan fingerprint density at radius 3 is 2.50 bits per heavy atom. The average molecular weight is 286 g/mol. The highest BCUT2D eigenvalue weighted by Crippen LogP contribution is 2.19. The van der Waals surface area contributed by atoms with Gasteiger partial charge in [-0.1, -0.05) is 12.1 Å². The second kappa shape index (κ2) is 7.42. The van der Waals surface area contributed by atoms with Crippen LogP contribution in [-0.4, -0.2) is 31.0 Å². The summed E-state index contributed by atoms with van der Waals surface area (Å²) in [6.45, 7) is 0.310. The molecule has 0 saturated heterocycles. The van der Waals surface area contributed by atoms with E-state index in [1.165, 1.54) is 24.3 Å². The molecule has 110 valence electrons. The van der Waals surface area contributed by atoms with Gasteiger partial charge in [0.05, 0.1) is 12.1 Å². The number of carbonyl (C=O) groups is 2. The third-order valence-corrected chi connectivity index (χ3v) is 2.21. The van der Waals surface area contributed by atoms with Gasteiger partial charge in [0.25, 0.3) is 5.91 Å². The topological polar surface area (TPSA) is 67.4 Å². The van der Waals surface area contributed by atoms with Crippen LogP contribution in [0.5, 0.6) is 5.75 Å². The average Bonchev–Trinajstić information content (AvgIpc) is 2.35. The van der Waals surface area contributed by atoms with Crippen LogP contribution in [0.4, 0.5) is 8.78 Å². The van der Waals surface area contributed by atoms with E-state index in [2.05, 4.69) is 15.4 Å². The Hall–Kier alpha value is -2.18. The summed E-state index contributed by atoms with van der Waals surface area (Å²) in [4.78, 5) is 23.2. The monoisotopic (exact) mass is 286 g/mol. The Bertz CT molecular complexity index is 478. The van der Waals surface area contributed by atoms with E-state index >= 15 is 0 Å². The van der Waals surface area contributed by atoms with Gasteiger partial charge in [0.2, 0.25) is 5.91 Å². The lowest BCUT2D eigenvalue weighted by molar-refractivity contribution is -0.120. The molecule has 20 heavy (non-hydrogen) atoms. The smallest absolute Gasteiger partial charge is 0.387 e. The van der Waals surface area contributed by atoms with E-state index in [1.807, 2.05) is 0 Å². The molecule has 1 aromatic carbocycles. The van der Waals surface area contributed by atoms with Gasteiger partial charge in [-0.3, -0.25) is 9.59 Å². The lowest BCUT2D eigenvalue weighted by Gasteiger charge is -2.12. The third kappa shape index (κ3) is 5.21. The molecule has 0 bridgehead atoms. The molecule has 0 atom stereocenters. The molecule has 5 nitrogen and oxygen atoms in total. The summed E-state index contributed by atoms with van der Waals surface area (Å²) in [5, 5.41) is 4.93. The van der Waals surface area contributed by atoms with Gasteiger partial charge in [0, 0.05) is 6.04 Å². The zero-order valence-corrected chi connectivity index (χ0v) is 11.2. The van der Waals surface area contributed by atoms with Crippen molar-refractivity contribution in [2.24, 2.45) is 0 Å². The number of amides is 2. The summed E-state index contributed by atoms with van der Waals surface area (Å²) < 4.78 is 28.6. The number of alkyl halides is 2. The first-order valence-corrected chi connectivity index (χ1v) is 6.01. The van der Waals surface area contributed by atoms with Crippen LogP contribution in [-0.2, 0) is 4.79 Å². The highest BCUT2D eigenvalue weighted by Gasteiger charge is 2.15. The van der Waals surface area contributed by atoms with Gasteiger partial charge < -0.3 is 15.4 Å². The molecule has 0 aliphatic heterocycles. The van der Waals surface area contributed by atoms with Crippen LogP contribution in [0.15, 0.2) is 24.3 Å². The molecule has 0 aromatic heterocycles. The maximum absolute atomic E-state index is 12.2. The Labute approximate surface area is 115 Å². The molecule has 1 rings (SSSR count). The molecule has 0 unspecified atom stereocenters. The Balaban J connectivity index is 2.66. The van der Waals surface area contributed by atoms with E-state index in [9.17, 15) is 18.4 Å². The molecular weight excluding hydrogens is 270 g/mol. The molecule has 0 fully saturated rings. The van der Waals surface area contributed by atoms with E-state index in [0.717, 1.165) is 0 Å². The molecule has 1 aromatic rings. The first-order chi connectivity index (χ1) is 9.40. The number of carbonyl (C=O) groups excluding carboxylic acids is 2. The van der Waals surface area contributed by atoms with E-state index in [-0.39, 0.29) is 29.8 Å². The first-order valence-electron chi connectivity index (χ1n) is 6.01.